The second-order valence-electron chi connectivity index (χ2n) is 1.57. The van der Waals surface area contributed by atoms with Gasteiger partial charge in [-0.25, -0.2) is 0 Å². The summed E-state index contributed by atoms with van der Waals surface area (Å²) in [4.78, 5) is 0. The van der Waals surface area contributed by atoms with Crippen LogP contribution in [0.25, 0.3) is 0 Å². The van der Waals surface area contributed by atoms with Crippen LogP contribution in [0.4, 0.5) is 0 Å². The predicted molar refractivity (Wildman–Crippen MR) is 38.8 cm³/mol. The second kappa shape index (κ2) is 4.38. The van der Waals surface area contributed by atoms with Crippen LogP contribution in [0.5, 0.6) is 0 Å². The molecular weight excluding hydrogens is 96.1 g/mol. The Kier molecular flexibility index (Phi) is 3.95. The van der Waals surface area contributed by atoms with Crippen LogP contribution in [0.15, 0.2) is 36.5 Å². The summed E-state index contributed by atoms with van der Waals surface area (Å²) in [7, 11) is 0. The first-order valence-electron chi connectivity index (χ1n) is 2.75. The van der Waals surface area contributed by atoms with Crippen LogP contribution in [0.3, 0.4) is 0 Å². The van der Waals surface area contributed by atoms with E-state index in [1.165, 1.54) is 0 Å². The van der Waals surface area contributed by atoms with Crippen molar-refractivity contribution in [3.05, 3.63) is 36.5 Å². The smallest absolute Gasteiger partial charge is 0.0335 e. The molecular formula is C8H12. The lowest BCUT2D eigenvalue weighted by Gasteiger charge is -1.82. The average molecular weight is 108 g/mol. The number of rotatable bonds is 2. The fraction of sp³-hybridized carbons (Fsp3) is 0.250. The van der Waals surface area contributed by atoms with Crippen LogP contribution < -0.4 is 0 Å². The molecule has 0 amide bonds. The van der Waals surface area contributed by atoms with Gasteiger partial charge in [0.25, 0.3) is 0 Å². The van der Waals surface area contributed by atoms with E-state index in [-0.39, 0.29) is 0 Å². The molecule has 0 radical (unpaired) electrons. The van der Waals surface area contributed by atoms with Gasteiger partial charge in [0.1, 0.15) is 0 Å². The maximum absolute atomic E-state index is 3.76. The van der Waals surface area contributed by atoms with E-state index in [2.05, 4.69) is 6.58 Å². The molecule has 0 saturated carbocycles. The van der Waals surface area contributed by atoms with Gasteiger partial charge < -0.3 is 0 Å². The molecule has 0 aromatic carbocycles. The molecule has 0 unspecified atom stereocenters. The summed E-state index contributed by atoms with van der Waals surface area (Å²) in [6, 6.07) is 0. The molecule has 0 aromatic heterocycles. The predicted octanol–water partition coefficient (Wildman–Crippen LogP) is 2.69. The summed E-state index contributed by atoms with van der Waals surface area (Å²) >= 11 is 0. The first-order chi connectivity index (χ1) is 3.81. The Bertz CT molecular complexity index is 102. The van der Waals surface area contributed by atoms with Crippen LogP contribution in [0, 0.1) is 0 Å². The summed E-state index contributed by atoms with van der Waals surface area (Å²) in [5.41, 5.74) is 1.05. The van der Waals surface area contributed by atoms with Crippen molar-refractivity contribution in [3.63, 3.8) is 0 Å². The van der Waals surface area contributed by atoms with Gasteiger partial charge in [-0.15, -0.1) is 0 Å². The molecule has 0 fully saturated rings. The van der Waals surface area contributed by atoms with Gasteiger partial charge in [-0.2, -0.15) is 0 Å². The van der Waals surface area contributed by atoms with Crippen LogP contribution in [-0.4, -0.2) is 0 Å². The van der Waals surface area contributed by atoms with Gasteiger partial charge in [0.2, 0.25) is 0 Å². The Balaban J connectivity index is 3.66. The van der Waals surface area contributed by atoms with Crippen molar-refractivity contribution >= 4 is 0 Å². The van der Waals surface area contributed by atoms with E-state index in [1.54, 1.807) is 0 Å². The number of hydrogen-bond acceptors (Lipinski definition) is 0. The van der Waals surface area contributed by atoms with Crippen molar-refractivity contribution in [2.45, 2.75) is 13.8 Å². The van der Waals surface area contributed by atoms with Crippen LogP contribution in [-0.2, 0) is 0 Å². The summed E-state index contributed by atoms with van der Waals surface area (Å²) in [6.45, 7) is 7.72. The summed E-state index contributed by atoms with van der Waals surface area (Å²) < 4.78 is 0. The maximum atomic E-state index is 3.76. The average Bonchev–Trinajstić information content (AvgIpc) is 1.68. The molecule has 0 rings (SSSR count). The van der Waals surface area contributed by atoms with Gasteiger partial charge in [-0.3, -0.25) is 0 Å². The van der Waals surface area contributed by atoms with E-state index in [0.717, 1.165) is 5.57 Å². The molecule has 0 aromatic rings. The lowest BCUT2D eigenvalue weighted by molar-refractivity contribution is 1.62. The second-order valence-corrected chi connectivity index (χ2v) is 1.57. The monoisotopic (exact) mass is 108 g/mol. The normalized spacial score (nSPS) is 11.2. The van der Waals surface area contributed by atoms with Gasteiger partial charge in [-0.1, -0.05) is 30.9 Å². The Labute approximate surface area is 51.2 Å². The lowest BCUT2D eigenvalue weighted by atomic mass is 10.2. The fourth-order valence-electron chi connectivity index (χ4n) is 0.484. The van der Waals surface area contributed by atoms with Crippen molar-refractivity contribution < 1.29 is 0 Å². The Morgan fingerprint density at radius 3 is 1.75 bits per heavy atom. The quantitative estimate of drug-likeness (QED) is 0.477. The van der Waals surface area contributed by atoms with Crippen molar-refractivity contribution in [2.24, 2.45) is 0 Å². The Hall–Kier alpha value is -0.780. The first-order valence-corrected chi connectivity index (χ1v) is 2.75. The molecule has 0 bridgehead atoms. The highest BCUT2D eigenvalue weighted by atomic mass is 13.8. The largest absolute Gasteiger partial charge is 0.0918 e. The van der Waals surface area contributed by atoms with E-state index in [9.17, 15) is 0 Å². The number of hydrogen-bond donors (Lipinski definition) is 0. The summed E-state index contributed by atoms with van der Waals surface area (Å²) in [5.74, 6) is 0. The van der Waals surface area contributed by atoms with Gasteiger partial charge in [0, 0.05) is 0 Å². The van der Waals surface area contributed by atoms with Crippen molar-refractivity contribution in [2.75, 3.05) is 0 Å². The van der Waals surface area contributed by atoms with Gasteiger partial charge in [0.05, 0.1) is 0 Å². The van der Waals surface area contributed by atoms with Gasteiger partial charge in [0.15, 0.2) is 0 Å². The molecule has 0 atom stereocenters. The van der Waals surface area contributed by atoms with E-state index >= 15 is 0 Å². The summed E-state index contributed by atoms with van der Waals surface area (Å²) in [6.07, 6.45) is 7.89. The zero-order chi connectivity index (χ0) is 6.41. The molecule has 0 nitrogen and oxygen atoms in total. The molecule has 0 saturated heterocycles. The minimum atomic E-state index is 1.05. The highest BCUT2D eigenvalue weighted by Gasteiger charge is 1.71. The minimum Gasteiger partial charge on any atom is -0.0918 e. The highest BCUT2D eigenvalue weighted by Crippen LogP contribution is 1.92. The molecule has 0 spiro atoms. The van der Waals surface area contributed by atoms with Crippen LogP contribution >= 0.6 is 0 Å². The number of allylic oxidation sites excluding steroid dienone is 5. The third-order valence-electron chi connectivity index (χ3n) is 0.761. The molecule has 0 heteroatoms. The van der Waals surface area contributed by atoms with Crippen molar-refractivity contribution in [1.29, 1.82) is 0 Å². The molecule has 0 aliphatic carbocycles. The van der Waals surface area contributed by atoms with E-state index < -0.39 is 0 Å². The van der Waals surface area contributed by atoms with E-state index in [4.69, 9.17) is 0 Å². The molecule has 0 aliphatic rings. The van der Waals surface area contributed by atoms with Crippen LogP contribution in [0.1, 0.15) is 13.8 Å². The zero-order valence-corrected chi connectivity index (χ0v) is 5.52. The Morgan fingerprint density at radius 2 is 1.50 bits per heavy atom. The van der Waals surface area contributed by atoms with Gasteiger partial charge in [-0.05, 0) is 19.4 Å². The third-order valence-corrected chi connectivity index (χ3v) is 0.761. The topological polar surface area (TPSA) is 0 Å². The van der Waals surface area contributed by atoms with Crippen molar-refractivity contribution in [1.82, 2.24) is 0 Å². The van der Waals surface area contributed by atoms with E-state index in [1.807, 2.05) is 38.2 Å². The molecule has 0 aliphatic heterocycles. The lowest BCUT2D eigenvalue weighted by Crippen LogP contribution is -1.61. The van der Waals surface area contributed by atoms with E-state index in [0.29, 0.717) is 0 Å². The first kappa shape index (κ1) is 7.22. The van der Waals surface area contributed by atoms with Gasteiger partial charge >= 0.3 is 0 Å². The minimum absolute atomic E-state index is 1.05. The molecule has 44 valence electrons. The van der Waals surface area contributed by atoms with Crippen molar-refractivity contribution in [3.8, 4) is 0 Å². The third kappa shape index (κ3) is 3.41. The fourth-order valence-corrected chi connectivity index (χ4v) is 0.484. The molecule has 0 heterocycles. The maximum Gasteiger partial charge on any atom is -0.0335 e. The molecule has 0 N–H and O–H groups in total. The zero-order valence-electron chi connectivity index (χ0n) is 5.52. The SMILES string of the molecule is C=C(/C=C\C)/C=C\C. The standard InChI is InChI=1S/C8H12/c1-4-6-8(3)7-5-2/h4-7H,3H2,1-2H3/b6-4-,7-5-. The summed E-state index contributed by atoms with van der Waals surface area (Å²) in [5, 5.41) is 0. The van der Waals surface area contributed by atoms with Crippen LogP contribution in [0.2, 0.25) is 0 Å². The molecule has 8 heavy (non-hydrogen) atoms. The Morgan fingerprint density at radius 1 is 1.12 bits per heavy atom. The highest BCUT2D eigenvalue weighted by molar-refractivity contribution is 5.26.